The Morgan fingerprint density at radius 1 is 1.40 bits per heavy atom. The van der Waals surface area contributed by atoms with Crippen molar-refractivity contribution < 1.29 is 4.79 Å². The lowest BCUT2D eigenvalue weighted by atomic mass is 10.2. The zero-order valence-corrected chi connectivity index (χ0v) is 12.6. The van der Waals surface area contributed by atoms with Gasteiger partial charge in [0, 0.05) is 18.5 Å². The van der Waals surface area contributed by atoms with E-state index in [1.54, 1.807) is 6.20 Å². The van der Waals surface area contributed by atoms with Gasteiger partial charge in [-0.1, -0.05) is 26.7 Å². The van der Waals surface area contributed by atoms with Crippen LogP contribution < -0.4 is 10.6 Å². The van der Waals surface area contributed by atoms with E-state index in [0.29, 0.717) is 23.2 Å². The molecule has 0 atom stereocenters. The van der Waals surface area contributed by atoms with E-state index in [1.165, 1.54) is 12.8 Å². The Labute approximate surface area is 120 Å². The standard InChI is InChI=1S/C15H24N4O/c1-4-16-12-9-17-14(10(2)3)19-13(12)15(20)18-11-7-5-6-8-11/h9-11,16H,4-8H2,1-3H3,(H,18,20). The van der Waals surface area contributed by atoms with Gasteiger partial charge in [0.05, 0.1) is 11.9 Å². The SMILES string of the molecule is CCNc1cnc(C(C)C)nc1C(=O)NC1CCCC1. The normalized spacial score (nSPS) is 15.6. The number of aromatic nitrogens is 2. The van der Waals surface area contributed by atoms with Crippen LogP contribution in [0, 0.1) is 0 Å². The van der Waals surface area contributed by atoms with E-state index in [1.807, 2.05) is 20.8 Å². The molecule has 5 heteroatoms. The van der Waals surface area contributed by atoms with Gasteiger partial charge in [0.25, 0.3) is 5.91 Å². The largest absolute Gasteiger partial charge is 0.382 e. The molecule has 1 fully saturated rings. The first-order valence-electron chi connectivity index (χ1n) is 7.53. The van der Waals surface area contributed by atoms with E-state index in [9.17, 15) is 4.79 Å². The van der Waals surface area contributed by atoms with Crippen LogP contribution in [0.1, 0.15) is 68.7 Å². The van der Waals surface area contributed by atoms with Gasteiger partial charge in [0.2, 0.25) is 0 Å². The van der Waals surface area contributed by atoms with Crippen molar-refractivity contribution in [1.82, 2.24) is 15.3 Å². The summed E-state index contributed by atoms with van der Waals surface area (Å²) in [4.78, 5) is 21.2. The summed E-state index contributed by atoms with van der Waals surface area (Å²) in [5.41, 5.74) is 1.19. The molecular formula is C15H24N4O. The quantitative estimate of drug-likeness (QED) is 0.867. The van der Waals surface area contributed by atoms with Crippen molar-refractivity contribution >= 4 is 11.6 Å². The van der Waals surface area contributed by atoms with Crippen LogP contribution >= 0.6 is 0 Å². The first-order valence-corrected chi connectivity index (χ1v) is 7.53. The summed E-state index contributed by atoms with van der Waals surface area (Å²) in [6, 6.07) is 0.300. The lowest BCUT2D eigenvalue weighted by Gasteiger charge is -2.15. The number of nitrogens with zero attached hydrogens (tertiary/aromatic N) is 2. The molecule has 0 radical (unpaired) electrons. The molecule has 2 N–H and O–H groups in total. The van der Waals surface area contributed by atoms with E-state index in [0.717, 1.165) is 19.4 Å². The van der Waals surface area contributed by atoms with Crippen molar-refractivity contribution in [2.75, 3.05) is 11.9 Å². The number of nitrogens with one attached hydrogen (secondary N) is 2. The predicted octanol–water partition coefficient (Wildman–Crippen LogP) is 2.70. The molecule has 1 aromatic rings. The van der Waals surface area contributed by atoms with Gasteiger partial charge < -0.3 is 10.6 Å². The van der Waals surface area contributed by atoms with Crippen LogP contribution in [0.2, 0.25) is 0 Å². The molecule has 0 bridgehead atoms. The van der Waals surface area contributed by atoms with Crippen LogP contribution in [0.25, 0.3) is 0 Å². The lowest BCUT2D eigenvalue weighted by Crippen LogP contribution is -2.34. The molecule has 2 rings (SSSR count). The molecule has 1 amide bonds. The van der Waals surface area contributed by atoms with Gasteiger partial charge in [-0.25, -0.2) is 9.97 Å². The Bertz CT molecular complexity index is 467. The Hall–Kier alpha value is -1.65. The minimum absolute atomic E-state index is 0.0860. The van der Waals surface area contributed by atoms with E-state index in [4.69, 9.17) is 0 Å². The van der Waals surface area contributed by atoms with Gasteiger partial charge >= 0.3 is 0 Å². The highest BCUT2D eigenvalue weighted by molar-refractivity contribution is 5.97. The monoisotopic (exact) mass is 276 g/mol. The van der Waals surface area contributed by atoms with Crippen molar-refractivity contribution in [3.63, 3.8) is 0 Å². The molecular weight excluding hydrogens is 252 g/mol. The number of hydrogen-bond acceptors (Lipinski definition) is 4. The van der Waals surface area contributed by atoms with Crippen LogP contribution in [0.15, 0.2) is 6.20 Å². The zero-order valence-electron chi connectivity index (χ0n) is 12.6. The predicted molar refractivity (Wildman–Crippen MR) is 80.0 cm³/mol. The molecule has 110 valence electrons. The smallest absolute Gasteiger partial charge is 0.272 e. The molecule has 1 saturated carbocycles. The number of rotatable bonds is 5. The Morgan fingerprint density at radius 2 is 2.10 bits per heavy atom. The van der Waals surface area contributed by atoms with Crippen molar-refractivity contribution in [3.8, 4) is 0 Å². The Kier molecular flexibility index (Phi) is 4.93. The second-order valence-electron chi connectivity index (χ2n) is 5.63. The van der Waals surface area contributed by atoms with Crippen LogP contribution in [0.4, 0.5) is 5.69 Å². The summed E-state index contributed by atoms with van der Waals surface area (Å²) in [6.07, 6.45) is 6.27. The third-order valence-corrected chi connectivity index (χ3v) is 3.60. The average Bonchev–Trinajstić information content (AvgIpc) is 2.92. The minimum atomic E-state index is -0.0860. The molecule has 1 heterocycles. The number of carbonyl (C=O) groups excluding carboxylic acids is 1. The number of amides is 1. The summed E-state index contributed by atoms with van der Waals surface area (Å²) in [7, 11) is 0. The van der Waals surface area contributed by atoms with Crippen molar-refractivity contribution in [3.05, 3.63) is 17.7 Å². The lowest BCUT2D eigenvalue weighted by molar-refractivity contribution is 0.0933. The molecule has 1 aromatic heterocycles. The molecule has 0 saturated heterocycles. The molecule has 0 spiro atoms. The second-order valence-corrected chi connectivity index (χ2v) is 5.63. The molecule has 0 unspecified atom stereocenters. The average molecular weight is 276 g/mol. The maximum Gasteiger partial charge on any atom is 0.272 e. The highest BCUT2D eigenvalue weighted by Crippen LogP contribution is 2.20. The van der Waals surface area contributed by atoms with Gasteiger partial charge in [0.15, 0.2) is 5.69 Å². The van der Waals surface area contributed by atoms with Gasteiger partial charge in [0.1, 0.15) is 5.82 Å². The van der Waals surface area contributed by atoms with Crippen LogP contribution in [0.5, 0.6) is 0 Å². The summed E-state index contributed by atoms with van der Waals surface area (Å²) in [5.74, 6) is 0.837. The Balaban J connectivity index is 2.21. The first kappa shape index (κ1) is 14.8. The van der Waals surface area contributed by atoms with Crippen molar-refractivity contribution in [1.29, 1.82) is 0 Å². The van der Waals surface area contributed by atoms with Crippen LogP contribution in [-0.2, 0) is 0 Å². The van der Waals surface area contributed by atoms with Crippen LogP contribution in [-0.4, -0.2) is 28.5 Å². The first-order chi connectivity index (χ1) is 9.61. The summed E-state index contributed by atoms with van der Waals surface area (Å²) >= 11 is 0. The fourth-order valence-electron chi connectivity index (χ4n) is 2.49. The fourth-order valence-corrected chi connectivity index (χ4v) is 2.49. The highest BCUT2D eigenvalue weighted by atomic mass is 16.2. The van der Waals surface area contributed by atoms with E-state index < -0.39 is 0 Å². The van der Waals surface area contributed by atoms with Gasteiger partial charge in [-0.05, 0) is 19.8 Å². The second kappa shape index (κ2) is 6.68. The van der Waals surface area contributed by atoms with Crippen molar-refractivity contribution in [2.24, 2.45) is 0 Å². The molecule has 1 aliphatic rings. The van der Waals surface area contributed by atoms with E-state index in [-0.39, 0.29) is 11.8 Å². The van der Waals surface area contributed by atoms with Gasteiger partial charge in [-0.15, -0.1) is 0 Å². The van der Waals surface area contributed by atoms with Gasteiger partial charge in [-0.2, -0.15) is 0 Å². The summed E-state index contributed by atoms with van der Waals surface area (Å²) in [5, 5.41) is 6.25. The number of anilines is 1. The molecule has 0 aromatic carbocycles. The number of carbonyl (C=O) groups is 1. The summed E-state index contributed by atoms with van der Waals surface area (Å²) < 4.78 is 0. The maximum absolute atomic E-state index is 12.4. The third-order valence-electron chi connectivity index (χ3n) is 3.60. The zero-order chi connectivity index (χ0) is 14.5. The Morgan fingerprint density at radius 3 is 2.70 bits per heavy atom. The van der Waals surface area contributed by atoms with E-state index in [2.05, 4.69) is 20.6 Å². The summed E-state index contributed by atoms with van der Waals surface area (Å²) in [6.45, 7) is 6.80. The van der Waals surface area contributed by atoms with E-state index >= 15 is 0 Å². The van der Waals surface area contributed by atoms with Crippen LogP contribution in [0.3, 0.4) is 0 Å². The third kappa shape index (κ3) is 3.46. The van der Waals surface area contributed by atoms with Gasteiger partial charge in [-0.3, -0.25) is 4.79 Å². The molecule has 5 nitrogen and oxygen atoms in total. The highest BCUT2D eigenvalue weighted by Gasteiger charge is 2.21. The van der Waals surface area contributed by atoms with Crippen molar-refractivity contribution in [2.45, 2.75) is 58.4 Å². The molecule has 1 aliphatic carbocycles. The molecule has 0 aliphatic heterocycles. The fraction of sp³-hybridized carbons (Fsp3) is 0.667. The number of hydrogen-bond donors (Lipinski definition) is 2. The topological polar surface area (TPSA) is 66.9 Å². The maximum atomic E-state index is 12.4. The molecule has 20 heavy (non-hydrogen) atoms. The minimum Gasteiger partial charge on any atom is -0.382 e.